The third kappa shape index (κ3) is 7.26. The number of halogens is 1. The molecule has 10 heteroatoms. The van der Waals surface area contributed by atoms with E-state index in [9.17, 15) is 18.0 Å². The lowest BCUT2D eigenvalue weighted by atomic mass is 10.1. The smallest absolute Gasteiger partial charge is 0.240 e. The molecule has 178 valence electrons. The largest absolute Gasteiger partial charge is 0.340 e. The van der Waals surface area contributed by atoms with E-state index >= 15 is 0 Å². The number of hydrogen-bond acceptors (Lipinski definition) is 5. The highest BCUT2D eigenvalue weighted by Crippen LogP contribution is 2.15. The molecule has 3 rings (SSSR count). The fourth-order valence-corrected chi connectivity index (χ4v) is 4.68. The summed E-state index contributed by atoms with van der Waals surface area (Å²) in [7, 11) is -3.69. The quantitative estimate of drug-likeness (QED) is 0.589. The van der Waals surface area contributed by atoms with Crippen LogP contribution in [-0.2, 0) is 19.6 Å². The Morgan fingerprint density at radius 2 is 1.64 bits per heavy atom. The molecule has 0 bridgehead atoms. The summed E-state index contributed by atoms with van der Waals surface area (Å²) in [4.78, 5) is 28.6. The molecule has 2 amide bonds. The highest BCUT2D eigenvalue weighted by molar-refractivity contribution is 7.89. The Labute approximate surface area is 200 Å². The summed E-state index contributed by atoms with van der Waals surface area (Å²) in [5.41, 5.74) is 3.07. The Kier molecular flexibility index (Phi) is 8.47. The minimum Gasteiger partial charge on any atom is -0.340 e. The molecule has 0 atom stereocenters. The van der Waals surface area contributed by atoms with Gasteiger partial charge in [-0.2, -0.15) is 0 Å². The Bertz CT molecular complexity index is 1100. The van der Waals surface area contributed by atoms with Crippen molar-refractivity contribution in [3.63, 3.8) is 0 Å². The normalized spacial score (nSPS) is 14.8. The highest BCUT2D eigenvalue weighted by Gasteiger charge is 2.23. The number of anilines is 1. The number of piperazine rings is 1. The standard InChI is InChI=1S/C23H29ClN4O4S/c1-17-3-6-20(15-18(17)2)26-22(29)16-27-11-13-28(14-12-27)23(30)9-10-25-33(31,32)21-7-4-19(24)5-8-21/h3-8,15,25H,9-14,16H2,1-2H3,(H,26,29). The number of sulfonamides is 1. The van der Waals surface area contributed by atoms with Crippen LogP contribution in [0.15, 0.2) is 47.4 Å². The topological polar surface area (TPSA) is 98.8 Å². The van der Waals surface area contributed by atoms with Crippen LogP contribution in [0.25, 0.3) is 0 Å². The zero-order chi connectivity index (χ0) is 24.0. The van der Waals surface area contributed by atoms with Crippen LogP contribution in [0.2, 0.25) is 5.02 Å². The van der Waals surface area contributed by atoms with Crippen molar-refractivity contribution in [2.75, 3.05) is 44.6 Å². The van der Waals surface area contributed by atoms with Gasteiger partial charge in [0.15, 0.2) is 0 Å². The van der Waals surface area contributed by atoms with Crippen LogP contribution in [0, 0.1) is 13.8 Å². The van der Waals surface area contributed by atoms with Crippen molar-refractivity contribution < 1.29 is 18.0 Å². The molecule has 0 saturated carbocycles. The fraction of sp³-hybridized carbons (Fsp3) is 0.391. The first-order chi connectivity index (χ1) is 15.6. The molecule has 0 radical (unpaired) electrons. The summed E-state index contributed by atoms with van der Waals surface area (Å²) in [6.07, 6.45) is 0.0695. The molecule has 1 aliphatic rings. The van der Waals surface area contributed by atoms with E-state index in [2.05, 4.69) is 10.0 Å². The van der Waals surface area contributed by atoms with Crippen molar-refractivity contribution in [3.05, 3.63) is 58.6 Å². The number of hydrogen-bond donors (Lipinski definition) is 2. The monoisotopic (exact) mass is 492 g/mol. The third-order valence-corrected chi connectivity index (χ3v) is 7.37. The van der Waals surface area contributed by atoms with Crippen molar-refractivity contribution in [2.45, 2.75) is 25.2 Å². The van der Waals surface area contributed by atoms with Gasteiger partial charge in [-0.1, -0.05) is 17.7 Å². The maximum Gasteiger partial charge on any atom is 0.240 e. The minimum absolute atomic E-state index is 0.0162. The van der Waals surface area contributed by atoms with E-state index in [1.165, 1.54) is 29.8 Å². The van der Waals surface area contributed by atoms with Gasteiger partial charge in [-0.25, -0.2) is 13.1 Å². The molecule has 1 heterocycles. The first-order valence-corrected chi connectivity index (χ1v) is 12.6. The lowest BCUT2D eigenvalue weighted by molar-refractivity contribution is -0.132. The Morgan fingerprint density at radius 3 is 2.27 bits per heavy atom. The van der Waals surface area contributed by atoms with Gasteiger partial charge in [0.25, 0.3) is 0 Å². The van der Waals surface area contributed by atoms with Gasteiger partial charge < -0.3 is 10.2 Å². The molecule has 2 aromatic rings. The van der Waals surface area contributed by atoms with Gasteiger partial charge >= 0.3 is 0 Å². The van der Waals surface area contributed by atoms with E-state index in [0.717, 1.165) is 11.3 Å². The number of nitrogens with one attached hydrogen (secondary N) is 2. The SMILES string of the molecule is Cc1ccc(NC(=O)CN2CCN(C(=O)CCNS(=O)(=O)c3ccc(Cl)cc3)CC2)cc1C. The number of carbonyl (C=O) groups is 2. The van der Waals surface area contributed by atoms with Crippen LogP contribution < -0.4 is 10.0 Å². The molecular formula is C23H29ClN4O4S. The van der Waals surface area contributed by atoms with E-state index in [1.807, 2.05) is 36.9 Å². The molecule has 2 N–H and O–H groups in total. The van der Waals surface area contributed by atoms with Crippen molar-refractivity contribution in [1.29, 1.82) is 0 Å². The summed E-state index contributed by atoms with van der Waals surface area (Å²) in [6.45, 7) is 6.48. The van der Waals surface area contributed by atoms with E-state index < -0.39 is 10.0 Å². The molecule has 8 nitrogen and oxygen atoms in total. The average Bonchev–Trinajstić information content (AvgIpc) is 2.77. The van der Waals surface area contributed by atoms with E-state index in [-0.39, 0.29) is 36.2 Å². The Balaban J connectivity index is 1.39. The predicted octanol–water partition coefficient (Wildman–Crippen LogP) is 2.41. The molecular weight excluding hydrogens is 464 g/mol. The second-order valence-electron chi connectivity index (χ2n) is 8.11. The van der Waals surface area contributed by atoms with E-state index in [0.29, 0.717) is 31.2 Å². The lowest BCUT2D eigenvalue weighted by Crippen LogP contribution is -2.50. The summed E-state index contributed by atoms with van der Waals surface area (Å²) < 4.78 is 27.0. The number of benzene rings is 2. The molecule has 1 aliphatic heterocycles. The number of rotatable bonds is 8. The van der Waals surface area contributed by atoms with Crippen molar-refractivity contribution >= 4 is 39.1 Å². The van der Waals surface area contributed by atoms with E-state index in [4.69, 9.17) is 11.6 Å². The summed E-state index contributed by atoms with van der Waals surface area (Å²) in [5.74, 6) is -0.206. The molecule has 0 unspecified atom stereocenters. The third-order valence-electron chi connectivity index (χ3n) is 5.64. The van der Waals surface area contributed by atoms with Crippen LogP contribution in [0.1, 0.15) is 17.5 Å². The predicted molar refractivity (Wildman–Crippen MR) is 129 cm³/mol. The molecule has 33 heavy (non-hydrogen) atoms. The van der Waals surface area contributed by atoms with Crippen molar-refractivity contribution in [1.82, 2.24) is 14.5 Å². The highest BCUT2D eigenvalue weighted by atomic mass is 35.5. The first-order valence-electron chi connectivity index (χ1n) is 10.8. The molecule has 1 saturated heterocycles. The number of carbonyl (C=O) groups excluding carboxylic acids is 2. The van der Waals surface area contributed by atoms with Gasteiger partial charge in [0.05, 0.1) is 11.4 Å². The Hall–Kier alpha value is -2.46. The van der Waals surface area contributed by atoms with Gasteiger partial charge in [0.1, 0.15) is 0 Å². The van der Waals surface area contributed by atoms with Gasteiger partial charge in [-0.15, -0.1) is 0 Å². The molecule has 1 fully saturated rings. The second-order valence-corrected chi connectivity index (χ2v) is 10.3. The van der Waals surface area contributed by atoms with Gasteiger partial charge in [0.2, 0.25) is 21.8 Å². The molecule has 0 aliphatic carbocycles. The Morgan fingerprint density at radius 1 is 0.970 bits per heavy atom. The van der Waals surface area contributed by atoms with E-state index in [1.54, 1.807) is 4.90 Å². The van der Waals surface area contributed by atoms with Gasteiger partial charge in [-0.3, -0.25) is 14.5 Å². The average molecular weight is 493 g/mol. The molecule has 0 spiro atoms. The second kappa shape index (κ2) is 11.1. The summed E-state index contributed by atoms with van der Waals surface area (Å²) >= 11 is 5.79. The minimum atomic E-state index is -3.69. The zero-order valence-electron chi connectivity index (χ0n) is 18.8. The molecule has 2 aromatic carbocycles. The number of nitrogens with zero attached hydrogens (tertiary/aromatic N) is 2. The van der Waals surface area contributed by atoms with Crippen LogP contribution in [0.3, 0.4) is 0 Å². The van der Waals surface area contributed by atoms with Crippen LogP contribution >= 0.6 is 11.6 Å². The first kappa shape index (κ1) is 25.2. The molecule has 0 aromatic heterocycles. The zero-order valence-corrected chi connectivity index (χ0v) is 20.4. The van der Waals surface area contributed by atoms with Gasteiger partial charge in [-0.05, 0) is 61.4 Å². The summed E-state index contributed by atoms with van der Waals surface area (Å²) in [6, 6.07) is 11.7. The van der Waals surface area contributed by atoms with Crippen molar-refractivity contribution in [3.8, 4) is 0 Å². The maximum atomic E-state index is 12.5. The summed E-state index contributed by atoms with van der Waals surface area (Å²) in [5, 5.41) is 3.37. The lowest BCUT2D eigenvalue weighted by Gasteiger charge is -2.34. The maximum absolute atomic E-state index is 12.5. The van der Waals surface area contributed by atoms with Crippen molar-refractivity contribution in [2.24, 2.45) is 0 Å². The van der Waals surface area contributed by atoms with Gasteiger partial charge in [0, 0.05) is 49.9 Å². The number of amides is 2. The fourth-order valence-electron chi connectivity index (χ4n) is 3.53. The van der Waals surface area contributed by atoms with Crippen LogP contribution in [0.5, 0.6) is 0 Å². The van der Waals surface area contributed by atoms with Crippen LogP contribution in [-0.4, -0.2) is 69.3 Å². The van der Waals surface area contributed by atoms with Crippen LogP contribution in [0.4, 0.5) is 5.69 Å². The number of aryl methyl sites for hydroxylation is 2.